The number of hydrogen-bond donors (Lipinski definition) is 0. The van der Waals surface area contributed by atoms with Gasteiger partial charge < -0.3 is 9.13 Å². The molecule has 3 heterocycles. The van der Waals surface area contributed by atoms with E-state index in [-0.39, 0.29) is 0 Å². The standard InChI is InChI=1S/C66H40N6/c67-41-43-15-13-21-47(35-43)49-29-32-63-55(37-49)52-23-7-10-26-60(52)71(63)61-27-11-9-25-54(61)57-39-51(59-40-58(45-17-3-1-4-18-45)69-66(70-59)46-19-5-2-6-20-46)31-34-65(57)72-62-28-12-8-24-53(62)56-38-50(30-33-64(56)72)48-22-14-16-44(36-48)42-68/h1-40H. The Kier molecular flexibility index (Phi) is 10.2. The predicted octanol–water partition coefficient (Wildman–Crippen LogP) is 16.4. The summed E-state index contributed by atoms with van der Waals surface area (Å²) in [5, 5.41) is 24.0. The van der Waals surface area contributed by atoms with E-state index >= 15 is 0 Å². The molecular formula is C66H40N6. The molecule has 13 rings (SSSR count). The molecule has 0 bridgehead atoms. The SMILES string of the molecule is N#Cc1cccc(-c2ccc3c(c2)c2ccccc2n3-c2ccccc2-c2cc(-c3cc(-c4ccccc4)nc(-c4ccccc4)n3)ccc2-n2c3ccccc3c3cc(-c4cccc(C#N)c4)ccc32)c1. The molecule has 6 heteroatoms. The number of para-hydroxylation sites is 3. The Labute approximate surface area is 415 Å². The van der Waals surface area contributed by atoms with E-state index < -0.39 is 0 Å². The first-order valence-electron chi connectivity index (χ1n) is 23.9. The molecule has 10 aromatic carbocycles. The Hall–Kier alpha value is -10.1. The zero-order valence-electron chi connectivity index (χ0n) is 38.8. The van der Waals surface area contributed by atoms with Crippen LogP contribution in [0.5, 0.6) is 0 Å². The molecule has 0 radical (unpaired) electrons. The lowest BCUT2D eigenvalue weighted by atomic mass is 9.96. The fourth-order valence-corrected chi connectivity index (χ4v) is 10.4. The molecule has 0 saturated heterocycles. The first-order valence-corrected chi connectivity index (χ1v) is 23.9. The number of nitriles is 2. The van der Waals surface area contributed by atoms with Crippen LogP contribution in [0.4, 0.5) is 0 Å². The lowest BCUT2D eigenvalue weighted by Crippen LogP contribution is -2.02. The van der Waals surface area contributed by atoms with Gasteiger partial charge in [0.15, 0.2) is 5.82 Å². The Morgan fingerprint density at radius 1 is 0.292 bits per heavy atom. The van der Waals surface area contributed by atoms with Crippen LogP contribution < -0.4 is 0 Å². The minimum Gasteiger partial charge on any atom is -0.309 e. The highest BCUT2D eigenvalue weighted by Crippen LogP contribution is 2.44. The third kappa shape index (κ3) is 7.19. The monoisotopic (exact) mass is 916 g/mol. The van der Waals surface area contributed by atoms with Crippen molar-refractivity contribution in [2.24, 2.45) is 0 Å². The average molecular weight is 917 g/mol. The minimum atomic E-state index is 0.628. The Morgan fingerprint density at radius 3 is 1.32 bits per heavy atom. The van der Waals surface area contributed by atoms with Crippen molar-refractivity contribution in [1.82, 2.24) is 19.1 Å². The van der Waals surface area contributed by atoms with E-state index in [4.69, 9.17) is 9.97 Å². The molecule has 0 atom stereocenters. The molecule has 0 fully saturated rings. The zero-order valence-corrected chi connectivity index (χ0v) is 38.8. The summed E-state index contributed by atoms with van der Waals surface area (Å²) < 4.78 is 4.79. The molecule has 0 saturated carbocycles. The molecule has 0 aliphatic rings. The Morgan fingerprint density at radius 2 is 0.736 bits per heavy atom. The molecule has 0 amide bonds. The van der Waals surface area contributed by atoms with Crippen molar-refractivity contribution >= 4 is 43.6 Å². The van der Waals surface area contributed by atoms with Crippen LogP contribution >= 0.6 is 0 Å². The van der Waals surface area contributed by atoms with Gasteiger partial charge in [0.2, 0.25) is 0 Å². The number of fused-ring (bicyclic) bond motifs is 6. The molecule has 0 N–H and O–H groups in total. The summed E-state index contributed by atoms with van der Waals surface area (Å²) in [7, 11) is 0. The van der Waals surface area contributed by atoms with E-state index in [9.17, 15) is 10.5 Å². The van der Waals surface area contributed by atoms with Gasteiger partial charge in [-0.3, -0.25) is 0 Å². The van der Waals surface area contributed by atoms with Crippen LogP contribution in [0, 0.1) is 22.7 Å². The first-order chi connectivity index (χ1) is 35.6. The summed E-state index contributed by atoms with van der Waals surface area (Å²) in [4.78, 5) is 10.5. The van der Waals surface area contributed by atoms with Gasteiger partial charge in [-0.05, 0) is 107 Å². The second kappa shape index (κ2) is 17.4. The van der Waals surface area contributed by atoms with E-state index in [2.05, 4.69) is 191 Å². The van der Waals surface area contributed by atoms with E-state index in [0.717, 1.165) is 116 Å². The highest BCUT2D eigenvalue weighted by Gasteiger charge is 2.22. The van der Waals surface area contributed by atoms with Crippen LogP contribution in [0.1, 0.15) is 11.1 Å². The van der Waals surface area contributed by atoms with Crippen molar-refractivity contribution in [1.29, 1.82) is 10.5 Å². The maximum absolute atomic E-state index is 9.78. The molecule has 72 heavy (non-hydrogen) atoms. The third-order valence-electron chi connectivity index (χ3n) is 13.8. The molecule has 0 spiro atoms. The first kappa shape index (κ1) is 42.0. The Balaban J connectivity index is 1.08. The van der Waals surface area contributed by atoms with Crippen molar-refractivity contribution in [3.63, 3.8) is 0 Å². The van der Waals surface area contributed by atoms with Crippen molar-refractivity contribution in [3.8, 4) is 90.8 Å². The van der Waals surface area contributed by atoms with Crippen molar-refractivity contribution in [2.45, 2.75) is 0 Å². The lowest BCUT2D eigenvalue weighted by Gasteiger charge is -2.20. The van der Waals surface area contributed by atoms with Gasteiger partial charge in [-0.1, -0.05) is 158 Å². The fourth-order valence-electron chi connectivity index (χ4n) is 10.4. The zero-order chi connectivity index (χ0) is 48.1. The molecule has 334 valence electrons. The van der Waals surface area contributed by atoms with Crippen molar-refractivity contribution < 1.29 is 0 Å². The van der Waals surface area contributed by atoms with Gasteiger partial charge in [0.25, 0.3) is 0 Å². The van der Waals surface area contributed by atoms with Crippen LogP contribution in [0.2, 0.25) is 0 Å². The van der Waals surface area contributed by atoms with E-state index in [1.807, 2.05) is 72.8 Å². The average Bonchev–Trinajstić information content (AvgIpc) is 3.97. The maximum atomic E-state index is 9.78. The van der Waals surface area contributed by atoms with E-state index in [0.29, 0.717) is 17.0 Å². The number of rotatable bonds is 8. The summed E-state index contributed by atoms with van der Waals surface area (Å²) >= 11 is 0. The predicted molar refractivity (Wildman–Crippen MR) is 293 cm³/mol. The van der Waals surface area contributed by atoms with E-state index in [1.54, 1.807) is 0 Å². The van der Waals surface area contributed by atoms with Crippen molar-refractivity contribution in [2.75, 3.05) is 0 Å². The van der Waals surface area contributed by atoms with Crippen LogP contribution in [0.15, 0.2) is 243 Å². The highest BCUT2D eigenvalue weighted by molar-refractivity contribution is 6.13. The third-order valence-corrected chi connectivity index (χ3v) is 13.8. The Bertz CT molecular complexity index is 4300. The molecule has 6 nitrogen and oxygen atoms in total. The maximum Gasteiger partial charge on any atom is 0.160 e. The summed E-state index contributed by atoms with van der Waals surface area (Å²) in [6.07, 6.45) is 0. The van der Waals surface area contributed by atoms with Crippen LogP contribution in [-0.2, 0) is 0 Å². The van der Waals surface area contributed by atoms with Gasteiger partial charge in [0.05, 0.1) is 68.1 Å². The molecule has 0 aliphatic carbocycles. The molecule has 0 aliphatic heterocycles. The number of benzene rings is 10. The largest absolute Gasteiger partial charge is 0.309 e. The number of aromatic nitrogens is 4. The number of hydrogen-bond acceptors (Lipinski definition) is 4. The quantitative estimate of drug-likeness (QED) is 0.152. The summed E-state index contributed by atoms with van der Waals surface area (Å²) in [6.45, 7) is 0. The summed E-state index contributed by atoms with van der Waals surface area (Å²) in [5.41, 5.74) is 18.3. The molecule has 3 aromatic heterocycles. The van der Waals surface area contributed by atoms with Gasteiger partial charge in [-0.15, -0.1) is 0 Å². The van der Waals surface area contributed by atoms with Crippen LogP contribution in [0.25, 0.3) is 122 Å². The fraction of sp³-hybridized carbons (Fsp3) is 0. The second-order valence-corrected chi connectivity index (χ2v) is 18.0. The lowest BCUT2D eigenvalue weighted by molar-refractivity contribution is 1.16. The molecular weight excluding hydrogens is 877 g/mol. The summed E-state index contributed by atoms with van der Waals surface area (Å²) in [6, 6.07) is 88.8. The molecule has 13 aromatic rings. The van der Waals surface area contributed by atoms with Crippen LogP contribution in [0.3, 0.4) is 0 Å². The minimum absolute atomic E-state index is 0.628. The smallest absolute Gasteiger partial charge is 0.160 e. The topological polar surface area (TPSA) is 83.2 Å². The van der Waals surface area contributed by atoms with Gasteiger partial charge >= 0.3 is 0 Å². The highest BCUT2D eigenvalue weighted by atomic mass is 15.0. The number of nitrogens with zero attached hydrogens (tertiary/aromatic N) is 6. The normalized spacial score (nSPS) is 11.3. The second-order valence-electron chi connectivity index (χ2n) is 18.0. The van der Waals surface area contributed by atoms with E-state index in [1.165, 1.54) is 0 Å². The van der Waals surface area contributed by atoms with Crippen LogP contribution in [-0.4, -0.2) is 19.1 Å². The summed E-state index contributed by atoms with van der Waals surface area (Å²) in [5.74, 6) is 0.653. The molecule has 0 unspecified atom stereocenters. The van der Waals surface area contributed by atoms with Crippen molar-refractivity contribution in [3.05, 3.63) is 254 Å². The van der Waals surface area contributed by atoms with Gasteiger partial charge in [0, 0.05) is 49.4 Å². The van der Waals surface area contributed by atoms with Gasteiger partial charge in [-0.2, -0.15) is 10.5 Å². The van der Waals surface area contributed by atoms with Gasteiger partial charge in [-0.25, -0.2) is 9.97 Å². The van der Waals surface area contributed by atoms with Gasteiger partial charge in [0.1, 0.15) is 0 Å².